The fraction of sp³-hybridized carbons (Fsp3) is 0.148. The van der Waals surface area contributed by atoms with Gasteiger partial charge in [-0.25, -0.2) is 9.97 Å². The lowest BCUT2D eigenvalue weighted by Crippen LogP contribution is -2.19. The van der Waals surface area contributed by atoms with Crippen LogP contribution in [0.25, 0.3) is 55.8 Å². The van der Waals surface area contributed by atoms with Crippen molar-refractivity contribution in [2.24, 2.45) is 0 Å². The van der Waals surface area contributed by atoms with E-state index in [-0.39, 0.29) is 0 Å². The van der Waals surface area contributed by atoms with Crippen molar-refractivity contribution in [3.8, 4) is 39.5 Å². The third kappa shape index (κ3) is 4.16. The van der Waals surface area contributed by atoms with Crippen molar-refractivity contribution < 1.29 is 4.74 Å². The summed E-state index contributed by atoms with van der Waals surface area (Å²) in [6.07, 6.45) is 8.93. The Morgan fingerprint density at radius 1 is 0.889 bits per heavy atom. The van der Waals surface area contributed by atoms with Crippen molar-refractivity contribution in [2.45, 2.75) is 0 Å². The molecule has 0 fully saturated rings. The number of hydrogen-bond acceptors (Lipinski definition) is 7. The maximum Gasteiger partial charge on any atom is 0.181 e. The number of rotatable bonds is 7. The van der Waals surface area contributed by atoms with Crippen LogP contribution < -0.4 is 4.74 Å². The first-order valence-electron chi connectivity index (χ1n) is 11.6. The average Bonchev–Trinajstić information content (AvgIpc) is 3.53. The molecule has 0 aromatic carbocycles. The highest BCUT2D eigenvalue weighted by Crippen LogP contribution is 2.33. The van der Waals surface area contributed by atoms with Crippen LogP contribution in [0.1, 0.15) is 0 Å². The number of H-pyrrole nitrogens is 2. The lowest BCUT2D eigenvalue weighted by atomic mass is 10.1. The van der Waals surface area contributed by atoms with Gasteiger partial charge in [-0.05, 0) is 50.5 Å². The molecule has 9 nitrogen and oxygen atoms in total. The predicted molar refractivity (Wildman–Crippen MR) is 139 cm³/mol. The van der Waals surface area contributed by atoms with Gasteiger partial charge in [0.2, 0.25) is 0 Å². The van der Waals surface area contributed by atoms with E-state index >= 15 is 0 Å². The van der Waals surface area contributed by atoms with Crippen LogP contribution in [-0.2, 0) is 0 Å². The van der Waals surface area contributed by atoms with Crippen LogP contribution in [-0.4, -0.2) is 67.3 Å². The number of nitrogens with zero attached hydrogens (tertiary/aromatic N) is 6. The van der Waals surface area contributed by atoms with Gasteiger partial charge >= 0.3 is 0 Å². The highest BCUT2D eigenvalue weighted by molar-refractivity contribution is 5.99. The summed E-state index contributed by atoms with van der Waals surface area (Å²) < 4.78 is 5.87. The first-order chi connectivity index (χ1) is 17.7. The summed E-state index contributed by atoms with van der Waals surface area (Å²) in [6, 6.07) is 14.0. The monoisotopic (exact) mass is 476 g/mol. The summed E-state index contributed by atoms with van der Waals surface area (Å²) in [7, 11) is 4.04. The van der Waals surface area contributed by atoms with Crippen LogP contribution in [0.4, 0.5) is 0 Å². The van der Waals surface area contributed by atoms with Crippen LogP contribution in [0.2, 0.25) is 0 Å². The molecule has 178 valence electrons. The van der Waals surface area contributed by atoms with Gasteiger partial charge in [0.1, 0.15) is 18.0 Å². The zero-order valence-electron chi connectivity index (χ0n) is 19.9. The normalized spacial score (nSPS) is 11.5. The molecule has 0 atom stereocenters. The SMILES string of the molecule is CN(C)CCOc1cncc(-c2cnc3n[nH]c(-c4cc5c(-c6ccccn6)ccnc5[nH]4)c3c2)c1. The maximum absolute atomic E-state index is 5.87. The molecule has 6 heterocycles. The number of aromatic amines is 2. The summed E-state index contributed by atoms with van der Waals surface area (Å²) in [5, 5.41) is 9.46. The molecule has 0 saturated heterocycles. The lowest BCUT2D eigenvalue weighted by Gasteiger charge is -2.11. The van der Waals surface area contributed by atoms with Crippen molar-refractivity contribution in [3.63, 3.8) is 0 Å². The van der Waals surface area contributed by atoms with Crippen molar-refractivity contribution in [3.05, 3.63) is 73.4 Å². The molecule has 36 heavy (non-hydrogen) atoms. The minimum Gasteiger partial charge on any atom is -0.491 e. The van der Waals surface area contributed by atoms with Crippen LogP contribution in [0.3, 0.4) is 0 Å². The second-order valence-electron chi connectivity index (χ2n) is 8.77. The molecule has 6 rings (SSSR count). The van der Waals surface area contributed by atoms with E-state index in [1.54, 1.807) is 24.8 Å². The molecule has 0 aliphatic rings. The highest BCUT2D eigenvalue weighted by Gasteiger charge is 2.15. The Bertz CT molecular complexity index is 1660. The second kappa shape index (κ2) is 9.20. The molecule has 6 aromatic heterocycles. The third-order valence-corrected chi connectivity index (χ3v) is 6.01. The Kier molecular flexibility index (Phi) is 5.59. The molecule has 2 N–H and O–H groups in total. The molecule has 0 unspecified atom stereocenters. The summed E-state index contributed by atoms with van der Waals surface area (Å²) in [4.78, 5) is 23.5. The smallest absolute Gasteiger partial charge is 0.181 e. The number of likely N-dealkylation sites (N-methyl/N-ethyl adjacent to an activating group) is 1. The molecule has 0 spiro atoms. The van der Waals surface area contributed by atoms with E-state index in [4.69, 9.17) is 4.74 Å². The fourth-order valence-corrected chi connectivity index (χ4v) is 4.17. The Morgan fingerprint density at radius 3 is 2.67 bits per heavy atom. The van der Waals surface area contributed by atoms with Crippen LogP contribution in [0, 0.1) is 0 Å². The Labute approximate surface area is 207 Å². The number of hydrogen-bond donors (Lipinski definition) is 2. The minimum atomic E-state index is 0.593. The molecule has 6 aromatic rings. The Balaban J connectivity index is 1.38. The fourth-order valence-electron chi connectivity index (χ4n) is 4.17. The summed E-state index contributed by atoms with van der Waals surface area (Å²) >= 11 is 0. The number of pyridine rings is 4. The van der Waals surface area contributed by atoms with Gasteiger partial charge in [0, 0.05) is 58.8 Å². The van der Waals surface area contributed by atoms with E-state index in [2.05, 4.69) is 52.1 Å². The highest BCUT2D eigenvalue weighted by atomic mass is 16.5. The number of ether oxygens (including phenoxy) is 1. The largest absolute Gasteiger partial charge is 0.491 e. The van der Waals surface area contributed by atoms with Gasteiger partial charge in [-0.2, -0.15) is 5.10 Å². The van der Waals surface area contributed by atoms with Gasteiger partial charge < -0.3 is 14.6 Å². The van der Waals surface area contributed by atoms with Crippen molar-refractivity contribution in [2.75, 3.05) is 27.2 Å². The molecule has 9 heteroatoms. The summed E-state index contributed by atoms with van der Waals surface area (Å²) in [5.41, 5.74) is 6.91. The van der Waals surface area contributed by atoms with Crippen LogP contribution >= 0.6 is 0 Å². The van der Waals surface area contributed by atoms with E-state index in [9.17, 15) is 0 Å². The molecule has 0 amide bonds. The minimum absolute atomic E-state index is 0.593. The molecule has 0 radical (unpaired) electrons. The van der Waals surface area contributed by atoms with Crippen molar-refractivity contribution >= 4 is 22.1 Å². The van der Waals surface area contributed by atoms with Gasteiger partial charge in [0.25, 0.3) is 0 Å². The predicted octanol–water partition coefficient (Wildman–Crippen LogP) is 4.57. The van der Waals surface area contributed by atoms with Crippen LogP contribution in [0.5, 0.6) is 5.75 Å². The lowest BCUT2D eigenvalue weighted by molar-refractivity contribution is 0.261. The van der Waals surface area contributed by atoms with E-state index in [0.29, 0.717) is 12.3 Å². The maximum atomic E-state index is 5.87. The molecular formula is C27H24N8O. The zero-order valence-corrected chi connectivity index (χ0v) is 19.9. The van der Waals surface area contributed by atoms with Gasteiger partial charge in [-0.3, -0.25) is 15.1 Å². The third-order valence-electron chi connectivity index (χ3n) is 6.01. The zero-order chi connectivity index (χ0) is 24.5. The van der Waals surface area contributed by atoms with Gasteiger partial charge in [0.15, 0.2) is 5.65 Å². The Hall–Kier alpha value is -4.63. The molecular weight excluding hydrogens is 452 g/mol. The van der Waals surface area contributed by atoms with E-state index in [0.717, 1.165) is 62.5 Å². The number of aromatic nitrogens is 7. The number of fused-ring (bicyclic) bond motifs is 2. The van der Waals surface area contributed by atoms with Gasteiger partial charge in [-0.1, -0.05) is 6.07 Å². The number of nitrogens with one attached hydrogen (secondary N) is 2. The van der Waals surface area contributed by atoms with E-state index in [1.807, 2.05) is 50.6 Å². The van der Waals surface area contributed by atoms with Gasteiger partial charge in [-0.15, -0.1) is 0 Å². The average molecular weight is 477 g/mol. The van der Waals surface area contributed by atoms with Gasteiger partial charge in [0.05, 0.1) is 23.3 Å². The molecule has 0 bridgehead atoms. The van der Waals surface area contributed by atoms with E-state index < -0.39 is 0 Å². The van der Waals surface area contributed by atoms with E-state index in [1.165, 1.54) is 0 Å². The standard InChI is InChI=1S/C27H24N8O/c1-35(2)9-10-36-19-11-17(14-28-16-19)18-12-22-25(33-34-27(22)31-15-18)24-13-21-20(6-8-30-26(21)32-24)23-5-3-4-7-29-23/h3-8,11-16H,9-10H2,1-2H3,(H,30,32)(H,31,33,34). The summed E-state index contributed by atoms with van der Waals surface area (Å²) in [6.45, 7) is 1.42. The first-order valence-corrected chi connectivity index (χ1v) is 11.6. The quantitative estimate of drug-likeness (QED) is 0.348. The topological polar surface area (TPSA) is 108 Å². The Morgan fingerprint density at radius 2 is 1.81 bits per heavy atom. The second-order valence-corrected chi connectivity index (χ2v) is 8.77. The van der Waals surface area contributed by atoms with Crippen LogP contribution in [0.15, 0.2) is 73.4 Å². The molecule has 0 aliphatic heterocycles. The summed E-state index contributed by atoms with van der Waals surface area (Å²) in [5.74, 6) is 0.727. The first kappa shape index (κ1) is 21.9. The molecule has 0 saturated carbocycles. The van der Waals surface area contributed by atoms with Crippen molar-refractivity contribution in [1.29, 1.82) is 0 Å². The molecule has 0 aliphatic carbocycles. The van der Waals surface area contributed by atoms with Crippen molar-refractivity contribution in [1.82, 2.24) is 40.0 Å².